The van der Waals surface area contributed by atoms with E-state index in [2.05, 4.69) is 17.2 Å². The predicted octanol–water partition coefficient (Wildman–Crippen LogP) is 3.93. The number of benzene rings is 1. The number of phenols is 1. The second kappa shape index (κ2) is 13.3. The van der Waals surface area contributed by atoms with Crippen molar-refractivity contribution < 1.29 is 24.2 Å². The topological polar surface area (TPSA) is 108 Å². The van der Waals surface area contributed by atoms with E-state index in [1.807, 2.05) is 20.1 Å². The number of nitrogens with one attached hydrogen (secondary N) is 2. The monoisotopic (exact) mass is 493 g/mol. The molecule has 0 aliphatic heterocycles. The lowest BCUT2D eigenvalue weighted by atomic mass is 9.99. The van der Waals surface area contributed by atoms with Gasteiger partial charge in [-0.05, 0) is 83.2 Å². The van der Waals surface area contributed by atoms with Crippen LogP contribution in [0, 0.1) is 6.92 Å². The van der Waals surface area contributed by atoms with Gasteiger partial charge in [0.15, 0.2) is 0 Å². The molecule has 1 aromatic rings. The molecule has 0 aliphatic rings. The summed E-state index contributed by atoms with van der Waals surface area (Å²) < 4.78 is 5.36. The van der Waals surface area contributed by atoms with Crippen molar-refractivity contribution in [3.05, 3.63) is 42.0 Å². The lowest BCUT2D eigenvalue weighted by Crippen LogP contribution is -2.53. The van der Waals surface area contributed by atoms with E-state index in [9.17, 15) is 19.5 Å². The van der Waals surface area contributed by atoms with Crippen molar-refractivity contribution in [1.82, 2.24) is 15.5 Å². The molecule has 2 unspecified atom stereocenters. The van der Waals surface area contributed by atoms with Crippen LogP contribution in [0.3, 0.4) is 0 Å². The molecule has 2 atom stereocenters. The molecule has 0 spiro atoms. The number of hydrogen-bond donors (Lipinski definition) is 3. The average molecular weight is 494 g/mol. The van der Waals surface area contributed by atoms with E-state index in [0.717, 1.165) is 0 Å². The summed E-state index contributed by atoms with van der Waals surface area (Å²) >= 11 is 1.55. The zero-order valence-electron chi connectivity index (χ0n) is 21.3. The Kier molecular flexibility index (Phi) is 11.5. The predicted molar refractivity (Wildman–Crippen MR) is 137 cm³/mol. The number of carbonyl (C=O) groups is 3. The van der Waals surface area contributed by atoms with Crippen molar-refractivity contribution in [2.75, 3.05) is 18.6 Å². The van der Waals surface area contributed by atoms with Crippen molar-refractivity contribution in [3.63, 3.8) is 0 Å². The number of nitrogens with zero attached hydrogens (tertiary/aromatic N) is 1. The summed E-state index contributed by atoms with van der Waals surface area (Å²) in [5.41, 5.74) is 0.405. The van der Waals surface area contributed by atoms with Gasteiger partial charge in [0.1, 0.15) is 23.4 Å². The molecule has 0 heterocycles. The first-order chi connectivity index (χ1) is 15.8. The normalized spacial score (nSPS) is 13.1. The minimum Gasteiger partial charge on any atom is -0.508 e. The Morgan fingerprint density at radius 3 is 2.38 bits per heavy atom. The fraction of sp³-hybridized carbons (Fsp3) is 0.560. The number of phenolic OH excluding ortho intramolecular Hbond substituents is 1. The van der Waals surface area contributed by atoms with Crippen LogP contribution in [-0.2, 0) is 14.3 Å². The summed E-state index contributed by atoms with van der Waals surface area (Å²) in [4.78, 5) is 40.9. The number of aromatic hydroxyl groups is 1. The number of carbonyl (C=O) groups excluding carboxylic acids is 3. The van der Waals surface area contributed by atoms with Gasteiger partial charge < -0.3 is 25.4 Å². The Morgan fingerprint density at radius 1 is 1.24 bits per heavy atom. The van der Waals surface area contributed by atoms with Crippen molar-refractivity contribution in [2.45, 2.75) is 71.7 Å². The molecule has 0 bridgehead atoms. The van der Waals surface area contributed by atoms with Gasteiger partial charge in [-0.25, -0.2) is 4.79 Å². The highest BCUT2D eigenvalue weighted by molar-refractivity contribution is 7.98. The lowest BCUT2D eigenvalue weighted by molar-refractivity contribution is -0.142. The molecule has 34 heavy (non-hydrogen) atoms. The maximum Gasteiger partial charge on any atom is 0.408 e. The number of ether oxygens (including phenoxy) is 1. The second-order valence-electron chi connectivity index (χ2n) is 9.37. The van der Waals surface area contributed by atoms with Gasteiger partial charge in [-0.15, -0.1) is 6.58 Å². The number of thioether (sulfide) groups is 1. The highest BCUT2D eigenvalue weighted by Gasteiger charge is 2.36. The molecule has 0 aliphatic carbocycles. The van der Waals surface area contributed by atoms with Crippen LogP contribution >= 0.6 is 11.8 Å². The zero-order chi connectivity index (χ0) is 26.1. The third-order valence-electron chi connectivity index (χ3n) is 4.74. The highest BCUT2D eigenvalue weighted by Crippen LogP contribution is 2.27. The first kappa shape index (κ1) is 29.4. The largest absolute Gasteiger partial charge is 0.508 e. The molecule has 0 aromatic heterocycles. The van der Waals surface area contributed by atoms with Gasteiger partial charge in [0, 0.05) is 12.6 Å². The molecule has 0 radical (unpaired) electrons. The maximum atomic E-state index is 13.8. The zero-order valence-corrected chi connectivity index (χ0v) is 22.1. The minimum atomic E-state index is -0.982. The Morgan fingerprint density at radius 2 is 1.88 bits per heavy atom. The molecule has 1 rings (SSSR count). The molecule has 0 fully saturated rings. The molecule has 3 N–H and O–H groups in total. The van der Waals surface area contributed by atoms with Crippen LogP contribution in [-0.4, -0.2) is 64.2 Å². The summed E-state index contributed by atoms with van der Waals surface area (Å²) in [5.74, 6) is -0.0709. The molecular formula is C25H39N3O5S. The van der Waals surface area contributed by atoms with Crippen molar-refractivity contribution in [1.29, 1.82) is 0 Å². The van der Waals surface area contributed by atoms with Crippen molar-refractivity contribution in [3.8, 4) is 5.75 Å². The molecular weight excluding hydrogens is 454 g/mol. The van der Waals surface area contributed by atoms with Gasteiger partial charge in [-0.1, -0.05) is 12.1 Å². The van der Waals surface area contributed by atoms with E-state index in [1.54, 1.807) is 57.7 Å². The van der Waals surface area contributed by atoms with Gasteiger partial charge in [0.05, 0.1) is 0 Å². The number of alkyl carbamates (subject to hydrolysis) is 1. The summed E-state index contributed by atoms with van der Waals surface area (Å²) in [6, 6.07) is 2.78. The lowest BCUT2D eigenvalue weighted by Gasteiger charge is -2.34. The van der Waals surface area contributed by atoms with Gasteiger partial charge in [0.2, 0.25) is 11.8 Å². The van der Waals surface area contributed by atoms with Crippen LogP contribution in [0.2, 0.25) is 0 Å². The molecule has 3 amide bonds. The Labute approximate surface area is 207 Å². The molecule has 8 nitrogen and oxygen atoms in total. The first-order valence-corrected chi connectivity index (χ1v) is 12.7. The van der Waals surface area contributed by atoms with E-state index in [-0.39, 0.29) is 24.2 Å². The fourth-order valence-corrected chi connectivity index (χ4v) is 3.76. The maximum absolute atomic E-state index is 13.8. The minimum absolute atomic E-state index is 0.0840. The first-order valence-electron chi connectivity index (χ1n) is 11.3. The third kappa shape index (κ3) is 9.29. The van der Waals surface area contributed by atoms with E-state index in [1.165, 1.54) is 11.0 Å². The summed E-state index contributed by atoms with van der Waals surface area (Å²) in [6.45, 7) is 14.5. The van der Waals surface area contributed by atoms with E-state index in [4.69, 9.17) is 4.74 Å². The van der Waals surface area contributed by atoms with Crippen LogP contribution in [0.15, 0.2) is 30.9 Å². The van der Waals surface area contributed by atoms with E-state index >= 15 is 0 Å². The number of hydrogen-bond acceptors (Lipinski definition) is 6. The Hall–Kier alpha value is -2.68. The molecule has 0 saturated carbocycles. The van der Waals surface area contributed by atoms with Crippen LogP contribution in [0.4, 0.5) is 4.79 Å². The summed E-state index contributed by atoms with van der Waals surface area (Å²) in [5, 5.41) is 15.5. The number of rotatable bonds is 11. The summed E-state index contributed by atoms with van der Waals surface area (Å²) in [6.07, 6.45) is 3.11. The third-order valence-corrected chi connectivity index (χ3v) is 5.38. The van der Waals surface area contributed by atoms with Crippen molar-refractivity contribution >= 4 is 29.7 Å². The van der Waals surface area contributed by atoms with Gasteiger partial charge in [-0.2, -0.15) is 11.8 Å². The fourth-order valence-electron chi connectivity index (χ4n) is 3.29. The SMILES string of the molecule is C=CCN(C(=O)C(CCSC)NC(=O)OC(C)(C)C)C(C(=O)NC(C)C)c1ccc(O)c(C)c1. The van der Waals surface area contributed by atoms with Crippen LogP contribution in [0.25, 0.3) is 0 Å². The van der Waals surface area contributed by atoms with Gasteiger partial charge >= 0.3 is 6.09 Å². The second-order valence-corrected chi connectivity index (χ2v) is 10.4. The quantitative estimate of drug-likeness (QED) is 0.403. The summed E-state index contributed by atoms with van der Waals surface area (Å²) in [7, 11) is 0. The Balaban J connectivity index is 3.44. The van der Waals surface area contributed by atoms with Crippen LogP contribution in [0.5, 0.6) is 5.75 Å². The Bertz CT molecular complexity index is 867. The molecule has 0 saturated heterocycles. The molecule has 9 heteroatoms. The van der Waals surface area contributed by atoms with Crippen molar-refractivity contribution in [2.24, 2.45) is 0 Å². The highest BCUT2D eigenvalue weighted by atomic mass is 32.2. The average Bonchev–Trinajstić information content (AvgIpc) is 2.70. The van der Waals surface area contributed by atoms with Crippen LogP contribution in [0.1, 0.15) is 58.2 Å². The smallest absolute Gasteiger partial charge is 0.408 e. The number of amides is 3. The molecule has 190 valence electrons. The number of aryl methyl sites for hydroxylation is 1. The van der Waals surface area contributed by atoms with Gasteiger partial charge in [-0.3, -0.25) is 9.59 Å². The van der Waals surface area contributed by atoms with E-state index in [0.29, 0.717) is 23.3 Å². The van der Waals surface area contributed by atoms with E-state index < -0.39 is 29.7 Å². The van der Waals surface area contributed by atoms with Crippen LogP contribution < -0.4 is 10.6 Å². The standard InChI is InChI=1S/C25H39N3O5S/c1-9-13-28(23(31)19(12-14-34-8)27-24(32)33-25(5,6)7)21(22(30)26-16(2)3)18-10-11-20(29)17(4)15-18/h9-11,15-16,19,21,29H,1,12-14H2,2-8H3,(H,26,30)(H,27,32). The van der Waals surface area contributed by atoms with Gasteiger partial charge in [0.25, 0.3) is 0 Å². The molecule has 1 aromatic carbocycles.